The van der Waals surface area contributed by atoms with Gasteiger partial charge in [-0.3, -0.25) is 0 Å². The summed E-state index contributed by atoms with van der Waals surface area (Å²) in [6.07, 6.45) is 5.19. The van der Waals surface area contributed by atoms with E-state index in [4.69, 9.17) is 0 Å². The Labute approximate surface area is 138 Å². The van der Waals surface area contributed by atoms with Crippen molar-refractivity contribution in [1.82, 2.24) is 0 Å². The maximum atomic E-state index is 3.95. The van der Waals surface area contributed by atoms with Crippen molar-refractivity contribution >= 4 is 16.8 Å². The van der Waals surface area contributed by atoms with Gasteiger partial charge in [-0.25, -0.2) is 0 Å². The Morgan fingerprint density at radius 3 is 2.52 bits per heavy atom. The van der Waals surface area contributed by atoms with Crippen molar-refractivity contribution in [2.75, 3.05) is 0 Å². The van der Waals surface area contributed by atoms with E-state index in [1.165, 1.54) is 33.0 Å². The molecule has 0 heterocycles. The molecular formula is C23H22. The Morgan fingerprint density at radius 2 is 1.70 bits per heavy atom. The SMILES string of the molecule is C=C(C)/C=C\c1ccccc1Cc1c(C)ccc2ccccc12. The normalized spacial score (nSPS) is 11.2. The van der Waals surface area contributed by atoms with Crippen molar-refractivity contribution in [3.63, 3.8) is 0 Å². The Balaban J connectivity index is 2.07. The van der Waals surface area contributed by atoms with E-state index in [2.05, 4.69) is 86.3 Å². The first-order chi connectivity index (χ1) is 11.1. The van der Waals surface area contributed by atoms with Gasteiger partial charge in [-0.2, -0.15) is 0 Å². The van der Waals surface area contributed by atoms with Crippen LogP contribution in [0.3, 0.4) is 0 Å². The lowest BCUT2D eigenvalue weighted by Crippen LogP contribution is -1.96. The summed E-state index contributed by atoms with van der Waals surface area (Å²) in [7, 11) is 0. The molecule has 0 saturated carbocycles. The van der Waals surface area contributed by atoms with Gasteiger partial charge < -0.3 is 0 Å². The first kappa shape index (κ1) is 15.3. The molecule has 3 rings (SSSR count). The second-order valence-electron chi connectivity index (χ2n) is 6.14. The molecule has 0 atom stereocenters. The third kappa shape index (κ3) is 3.43. The molecule has 0 unspecified atom stereocenters. The summed E-state index contributed by atoms with van der Waals surface area (Å²) in [5, 5.41) is 2.66. The smallest absolute Gasteiger partial charge is 0.00110 e. The second-order valence-corrected chi connectivity index (χ2v) is 6.14. The lowest BCUT2D eigenvalue weighted by molar-refractivity contribution is 1.17. The summed E-state index contributed by atoms with van der Waals surface area (Å²) in [6, 6.07) is 21.7. The van der Waals surface area contributed by atoms with Gasteiger partial charge >= 0.3 is 0 Å². The number of allylic oxidation sites excluding steroid dienone is 2. The number of hydrogen-bond acceptors (Lipinski definition) is 0. The predicted molar refractivity (Wildman–Crippen MR) is 102 cm³/mol. The zero-order valence-electron chi connectivity index (χ0n) is 13.8. The summed E-state index contributed by atoms with van der Waals surface area (Å²) in [5.41, 5.74) is 6.45. The summed E-state index contributed by atoms with van der Waals surface area (Å²) in [6.45, 7) is 8.18. The minimum absolute atomic E-state index is 0.948. The molecule has 0 aliphatic carbocycles. The molecule has 23 heavy (non-hydrogen) atoms. The van der Waals surface area contributed by atoms with Crippen LogP contribution in [0.1, 0.15) is 29.2 Å². The largest absolute Gasteiger partial charge is 0.0961 e. The lowest BCUT2D eigenvalue weighted by Gasteiger charge is -2.12. The molecule has 3 aromatic carbocycles. The molecule has 0 saturated heterocycles. The molecule has 0 N–H and O–H groups in total. The topological polar surface area (TPSA) is 0 Å². The molecule has 0 amide bonds. The van der Waals surface area contributed by atoms with E-state index in [1.54, 1.807) is 0 Å². The van der Waals surface area contributed by atoms with Crippen LogP contribution in [-0.2, 0) is 6.42 Å². The molecule has 0 spiro atoms. The van der Waals surface area contributed by atoms with Gasteiger partial charge in [0.2, 0.25) is 0 Å². The Hall–Kier alpha value is -2.60. The third-order valence-electron chi connectivity index (χ3n) is 4.24. The zero-order chi connectivity index (χ0) is 16.2. The predicted octanol–water partition coefficient (Wildman–Crippen LogP) is 6.33. The third-order valence-corrected chi connectivity index (χ3v) is 4.24. The van der Waals surface area contributed by atoms with E-state index in [1.807, 2.05) is 6.92 Å². The average Bonchev–Trinajstić information content (AvgIpc) is 2.56. The Kier molecular flexibility index (Phi) is 4.43. The number of fused-ring (bicyclic) bond motifs is 1. The quantitative estimate of drug-likeness (QED) is 0.494. The molecule has 0 fully saturated rings. The highest BCUT2D eigenvalue weighted by atomic mass is 14.1. The number of hydrogen-bond donors (Lipinski definition) is 0. The van der Waals surface area contributed by atoms with Crippen molar-refractivity contribution in [1.29, 1.82) is 0 Å². The molecule has 3 aromatic rings. The molecule has 0 aromatic heterocycles. The first-order valence-corrected chi connectivity index (χ1v) is 8.04. The molecule has 0 nitrogen and oxygen atoms in total. The van der Waals surface area contributed by atoms with Crippen LogP contribution in [0.4, 0.5) is 0 Å². The maximum absolute atomic E-state index is 3.95. The molecular weight excluding hydrogens is 276 g/mol. The van der Waals surface area contributed by atoms with Gasteiger partial charge in [0.05, 0.1) is 0 Å². The minimum Gasteiger partial charge on any atom is -0.0961 e. The van der Waals surface area contributed by atoms with Crippen molar-refractivity contribution in [2.24, 2.45) is 0 Å². The molecule has 0 heteroatoms. The molecule has 0 bridgehead atoms. The monoisotopic (exact) mass is 298 g/mol. The van der Waals surface area contributed by atoms with Crippen molar-refractivity contribution < 1.29 is 0 Å². The van der Waals surface area contributed by atoms with E-state index < -0.39 is 0 Å². The van der Waals surface area contributed by atoms with Gasteiger partial charge in [-0.15, -0.1) is 0 Å². The van der Waals surface area contributed by atoms with Crippen LogP contribution < -0.4 is 0 Å². The molecule has 0 aliphatic rings. The van der Waals surface area contributed by atoms with Crippen LogP contribution in [0.25, 0.3) is 16.8 Å². The van der Waals surface area contributed by atoms with E-state index in [9.17, 15) is 0 Å². The fourth-order valence-electron chi connectivity index (χ4n) is 2.96. The van der Waals surface area contributed by atoms with Gasteiger partial charge in [-0.05, 0) is 53.3 Å². The standard InChI is InChI=1S/C23H22/c1-17(2)12-14-19-8-4-5-10-21(19)16-23-18(3)13-15-20-9-6-7-11-22(20)23/h4-15H,1,16H2,2-3H3/b14-12-. The van der Waals surface area contributed by atoms with Gasteiger partial charge in [0.15, 0.2) is 0 Å². The minimum atomic E-state index is 0.948. The van der Waals surface area contributed by atoms with Crippen LogP contribution in [0, 0.1) is 6.92 Å². The van der Waals surface area contributed by atoms with Crippen molar-refractivity contribution in [3.8, 4) is 0 Å². The van der Waals surface area contributed by atoms with E-state index >= 15 is 0 Å². The number of benzene rings is 3. The number of aryl methyl sites for hydroxylation is 1. The van der Waals surface area contributed by atoms with Crippen molar-refractivity contribution in [3.05, 3.63) is 101 Å². The van der Waals surface area contributed by atoms with Crippen LogP contribution >= 0.6 is 0 Å². The van der Waals surface area contributed by atoms with E-state index in [0.717, 1.165) is 12.0 Å². The van der Waals surface area contributed by atoms with Gasteiger partial charge in [-0.1, -0.05) is 85.0 Å². The van der Waals surface area contributed by atoms with Gasteiger partial charge in [0.25, 0.3) is 0 Å². The molecule has 0 radical (unpaired) electrons. The maximum Gasteiger partial charge on any atom is -0.00110 e. The highest BCUT2D eigenvalue weighted by Gasteiger charge is 2.07. The summed E-state index contributed by atoms with van der Waals surface area (Å²) >= 11 is 0. The highest BCUT2D eigenvalue weighted by molar-refractivity contribution is 5.87. The fourth-order valence-corrected chi connectivity index (χ4v) is 2.96. The highest BCUT2D eigenvalue weighted by Crippen LogP contribution is 2.26. The Bertz CT molecular complexity index is 881. The Morgan fingerprint density at radius 1 is 0.957 bits per heavy atom. The fraction of sp³-hybridized carbons (Fsp3) is 0.130. The van der Waals surface area contributed by atoms with Crippen LogP contribution in [-0.4, -0.2) is 0 Å². The van der Waals surface area contributed by atoms with Gasteiger partial charge in [0, 0.05) is 0 Å². The summed E-state index contributed by atoms with van der Waals surface area (Å²) < 4.78 is 0. The first-order valence-electron chi connectivity index (χ1n) is 8.04. The second kappa shape index (κ2) is 6.66. The summed E-state index contributed by atoms with van der Waals surface area (Å²) in [4.78, 5) is 0. The van der Waals surface area contributed by atoms with E-state index in [-0.39, 0.29) is 0 Å². The van der Waals surface area contributed by atoms with Crippen molar-refractivity contribution in [2.45, 2.75) is 20.3 Å². The van der Waals surface area contributed by atoms with Gasteiger partial charge in [0.1, 0.15) is 0 Å². The molecule has 114 valence electrons. The lowest BCUT2D eigenvalue weighted by atomic mass is 9.92. The average molecular weight is 298 g/mol. The van der Waals surface area contributed by atoms with Crippen LogP contribution in [0.2, 0.25) is 0 Å². The zero-order valence-corrected chi connectivity index (χ0v) is 13.8. The van der Waals surface area contributed by atoms with E-state index in [0.29, 0.717) is 0 Å². The summed E-state index contributed by atoms with van der Waals surface area (Å²) in [5.74, 6) is 0. The van der Waals surface area contributed by atoms with Crippen LogP contribution in [0.15, 0.2) is 78.9 Å². The molecule has 0 aliphatic heterocycles. The van der Waals surface area contributed by atoms with Crippen LogP contribution in [0.5, 0.6) is 0 Å². The number of rotatable bonds is 4.